The number of thioether (sulfide) groups is 1. The Morgan fingerprint density at radius 3 is 2.94 bits per heavy atom. The van der Waals surface area contributed by atoms with Gasteiger partial charge in [0.05, 0.1) is 22.8 Å². The molecule has 2 aliphatic heterocycles. The largest absolute Gasteiger partial charge is 0.369 e. The Morgan fingerprint density at radius 2 is 2.28 bits per heavy atom. The molecule has 96 valence electrons. The van der Waals surface area contributed by atoms with Crippen LogP contribution in [0.3, 0.4) is 0 Å². The highest BCUT2D eigenvalue weighted by atomic mass is 35.5. The molecule has 2 N–H and O–H groups in total. The molecule has 2 aliphatic rings. The lowest BCUT2D eigenvalue weighted by atomic mass is 9.87. The standard InChI is InChI=1S/C13H16ClN3S/c1-9-6-18-8-13(9)7-16-12(15)17(13)11-5-3-2-4-10(11)14/h2-5,9H,6-8H2,1H3,(H2,15,16). The van der Waals surface area contributed by atoms with Gasteiger partial charge in [0.1, 0.15) is 0 Å². The minimum absolute atomic E-state index is 0.0136. The molecule has 2 unspecified atom stereocenters. The maximum Gasteiger partial charge on any atom is 0.196 e. The van der Waals surface area contributed by atoms with E-state index >= 15 is 0 Å². The van der Waals surface area contributed by atoms with Crippen molar-refractivity contribution in [2.75, 3.05) is 23.0 Å². The molecular formula is C13H16ClN3S. The lowest BCUT2D eigenvalue weighted by Gasteiger charge is -2.39. The quantitative estimate of drug-likeness (QED) is 0.860. The van der Waals surface area contributed by atoms with Gasteiger partial charge < -0.3 is 10.6 Å². The summed E-state index contributed by atoms with van der Waals surface area (Å²) in [4.78, 5) is 6.62. The lowest BCUT2D eigenvalue weighted by Crippen LogP contribution is -2.56. The fourth-order valence-corrected chi connectivity index (χ4v) is 4.64. The van der Waals surface area contributed by atoms with Gasteiger partial charge in [-0.3, -0.25) is 4.99 Å². The van der Waals surface area contributed by atoms with E-state index in [1.165, 1.54) is 0 Å². The summed E-state index contributed by atoms with van der Waals surface area (Å²) >= 11 is 8.29. The van der Waals surface area contributed by atoms with Crippen molar-refractivity contribution < 1.29 is 0 Å². The first-order valence-electron chi connectivity index (χ1n) is 6.07. The number of anilines is 1. The Morgan fingerprint density at radius 1 is 1.50 bits per heavy atom. The molecule has 0 amide bonds. The van der Waals surface area contributed by atoms with Crippen LogP contribution >= 0.6 is 23.4 Å². The van der Waals surface area contributed by atoms with E-state index in [2.05, 4.69) is 16.8 Å². The topological polar surface area (TPSA) is 41.6 Å². The number of nitrogens with two attached hydrogens (primary N) is 1. The molecule has 0 radical (unpaired) electrons. The molecule has 0 saturated carbocycles. The van der Waals surface area contributed by atoms with Gasteiger partial charge in [-0.05, 0) is 23.8 Å². The number of hydrogen-bond acceptors (Lipinski definition) is 4. The van der Waals surface area contributed by atoms with Crippen molar-refractivity contribution in [3.8, 4) is 0 Å². The second-order valence-electron chi connectivity index (χ2n) is 4.98. The number of benzene rings is 1. The summed E-state index contributed by atoms with van der Waals surface area (Å²) in [5, 5.41) is 0.737. The van der Waals surface area contributed by atoms with Crippen molar-refractivity contribution in [3.63, 3.8) is 0 Å². The predicted molar refractivity (Wildman–Crippen MR) is 79.6 cm³/mol. The van der Waals surface area contributed by atoms with Crippen LogP contribution in [-0.2, 0) is 0 Å². The Kier molecular flexibility index (Phi) is 2.94. The summed E-state index contributed by atoms with van der Waals surface area (Å²) < 4.78 is 0. The van der Waals surface area contributed by atoms with Crippen LogP contribution in [0.1, 0.15) is 6.92 Å². The summed E-state index contributed by atoms with van der Waals surface area (Å²) in [5.74, 6) is 3.37. The van der Waals surface area contributed by atoms with Gasteiger partial charge in [-0.25, -0.2) is 0 Å². The fourth-order valence-electron chi connectivity index (χ4n) is 2.78. The summed E-state index contributed by atoms with van der Waals surface area (Å²) in [6.07, 6.45) is 0. The zero-order chi connectivity index (χ0) is 12.8. The van der Waals surface area contributed by atoms with Gasteiger partial charge in [-0.2, -0.15) is 11.8 Å². The second-order valence-corrected chi connectivity index (χ2v) is 6.42. The SMILES string of the molecule is CC1CSCC12CN=C(N)N2c1ccccc1Cl. The van der Waals surface area contributed by atoms with E-state index in [4.69, 9.17) is 17.3 Å². The summed E-state index contributed by atoms with van der Waals surface area (Å²) in [6, 6.07) is 7.86. The molecule has 2 atom stereocenters. The molecule has 0 aliphatic carbocycles. The molecule has 3 nitrogen and oxygen atoms in total. The average molecular weight is 282 g/mol. The van der Waals surface area contributed by atoms with E-state index < -0.39 is 0 Å². The van der Waals surface area contributed by atoms with Crippen molar-refractivity contribution in [2.45, 2.75) is 12.5 Å². The van der Waals surface area contributed by atoms with Crippen LogP contribution in [0.25, 0.3) is 0 Å². The number of hydrogen-bond donors (Lipinski definition) is 1. The maximum atomic E-state index is 6.32. The number of halogens is 1. The van der Waals surface area contributed by atoms with Gasteiger partial charge >= 0.3 is 0 Å². The van der Waals surface area contributed by atoms with Crippen molar-refractivity contribution in [3.05, 3.63) is 29.3 Å². The highest BCUT2D eigenvalue weighted by Gasteiger charge is 2.50. The number of aliphatic imine (C=N–C) groups is 1. The van der Waals surface area contributed by atoms with Crippen LogP contribution in [-0.4, -0.2) is 29.5 Å². The zero-order valence-electron chi connectivity index (χ0n) is 10.3. The highest BCUT2D eigenvalue weighted by molar-refractivity contribution is 7.99. The predicted octanol–water partition coefficient (Wildman–Crippen LogP) is 2.60. The van der Waals surface area contributed by atoms with E-state index in [0.717, 1.165) is 28.8 Å². The Labute approximate surface area is 116 Å². The smallest absolute Gasteiger partial charge is 0.196 e. The molecule has 1 spiro atoms. The zero-order valence-corrected chi connectivity index (χ0v) is 11.8. The minimum atomic E-state index is 0.0136. The third-order valence-electron chi connectivity index (χ3n) is 3.92. The van der Waals surface area contributed by atoms with Crippen LogP contribution in [0.15, 0.2) is 29.3 Å². The molecule has 3 rings (SSSR count). The van der Waals surface area contributed by atoms with Crippen LogP contribution in [0, 0.1) is 5.92 Å². The summed E-state index contributed by atoms with van der Waals surface area (Å²) in [6.45, 7) is 3.05. The maximum absolute atomic E-state index is 6.32. The van der Waals surface area contributed by atoms with Crippen molar-refractivity contribution >= 4 is 35.0 Å². The summed E-state index contributed by atoms with van der Waals surface area (Å²) in [5.41, 5.74) is 7.10. The van der Waals surface area contributed by atoms with Crippen LogP contribution in [0.2, 0.25) is 5.02 Å². The van der Waals surface area contributed by atoms with Crippen molar-refractivity contribution in [2.24, 2.45) is 16.6 Å². The first-order chi connectivity index (χ1) is 8.65. The van der Waals surface area contributed by atoms with E-state index in [1.807, 2.05) is 36.0 Å². The third-order valence-corrected chi connectivity index (χ3v) is 5.68. The fraction of sp³-hybridized carbons (Fsp3) is 0.462. The van der Waals surface area contributed by atoms with Crippen molar-refractivity contribution in [1.82, 2.24) is 0 Å². The number of rotatable bonds is 1. The Hall–Kier alpha value is -0.870. The first-order valence-corrected chi connectivity index (χ1v) is 7.61. The van der Waals surface area contributed by atoms with E-state index in [0.29, 0.717) is 11.9 Å². The van der Waals surface area contributed by atoms with E-state index in [-0.39, 0.29) is 5.54 Å². The average Bonchev–Trinajstić information content (AvgIpc) is 2.87. The van der Waals surface area contributed by atoms with Gasteiger partial charge in [0.15, 0.2) is 5.96 Å². The molecule has 1 fully saturated rings. The molecule has 1 aromatic carbocycles. The van der Waals surface area contributed by atoms with Crippen LogP contribution < -0.4 is 10.6 Å². The number of guanidine groups is 1. The highest BCUT2D eigenvalue weighted by Crippen LogP contribution is 2.44. The normalized spacial score (nSPS) is 31.1. The molecule has 5 heteroatoms. The summed E-state index contributed by atoms with van der Waals surface area (Å²) in [7, 11) is 0. The monoisotopic (exact) mass is 281 g/mol. The van der Waals surface area contributed by atoms with Gasteiger partial charge in [-0.1, -0.05) is 30.7 Å². The lowest BCUT2D eigenvalue weighted by molar-refractivity contribution is 0.396. The first kappa shape index (κ1) is 12.2. The Balaban J connectivity index is 2.08. The van der Waals surface area contributed by atoms with Gasteiger partial charge in [-0.15, -0.1) is 0 Å². The van der Waals surface area contributed by atoms with Gasteiger partial charge in [0.25, 0.3) is 0 Å². The molecule has 0 aromatic heterocycles. The van der Waals surface area contributed by atoms with E-state index in [1.54, 1.807) is 0 Å². The number of nitrogens with zero attached hydrogens (tertiary/aromatic N) is 2. The van der Waals surface area contributed by atoms with Crippen LogP contribution in [0.4, 0.5) is 5.69 Å². The van der Waals surface area contributed by atoms with E-state index in [9.17, 15) is 0 Å². The second kappa shape index (κ2) is 4.35. The minimum Gasteiger partial charge on any atom is -0.369 e. The van der Waals surface area contributed by atoms with Gasteiger partial charge in [0.2, 0.25) is 0 Å². The molecule has 1 saturated heterocycles. The van der Waals surface area contributed by atoms with Crippen LogP contribution in [0.5, 0.6) is 0 Å². The third kappa shape index (κ3) is 1.62. The molecule has 0 bridgehead atoms. The number of para-hydroxylation sites is 1. The molecule has 2 heterocycles. The van der Waals surface area contributed by atoms with Crippen molar-refractivity contribution in [1.29, 1.82) is 0 Å². The van der Waals surface area contributed by atoms with Gasteiger partial charge in [0, 0.05) is 5.75 Å². The Bertz CT molecular complexity index is 505. The molecular weight excluding hydrogens is 266 g/mol. The molecule has 18 heavy (non-hydrogen) atoms. The molecule has 1 aromatic rings.